The predicted molar refractivity (Wildman–Crippen MR) is 48.1 cm³/mol. The number of hydrogen-bond acceptors (Lipinski definition) is 3. The van der Waals surface area contributed by atoms with Gasteiger partial charge >= 0.3 is 5.97 Å². The van der Waals surface area contributed by atoms with Gasteiger partial charge < -0.3 is 4.74 Å². The minimum atomic E-state index is -0.239. The van der Waals surface area contributed by atoms with E-state index >= 15 is 0 Å². The van der Waals surface area contributed by atoms with Crippen molar-refractivity contribution in [3.8, 4) is 0 Å². The maximum atomic E-state index is 10.7. The molecule has 1 aliphatic carbocycles. The van der Waals surface area contributed by atoms with Crippen LogP contribution in [-0.2, 0) is 14.3 Å². The van der Waals surface area contributed by atoms with E-state index in [9.17, 15) is 9.59 Å². The van der Waals surface area contributed by atoms with E-state index in [1.807, 2.05) is 6.08 Å². The summed E-state index contributed by atoms with van der Waals surface area (Å²) in [6, 6.07) is 0. The number of carbonyl (C=O) groups excluding carboxylic acids is 2. The zero-order valence-corrected chi connectivity index (χ0v) is 7.73. The van der Waals surface area contributed by atoms with Gasteiger partial charge in [0.05, 0.1) is 0 Å². The smallest absolute Gasteiger partial charge is 0.302 e. The molecule has 13 heavy (non-hydrogen) atoms. The van der Waals surface area contributed by atoms with Crippen LogP contribution in [0.4, 0.5) is 0 Å². The van der Waals surface area contributed by atoms with Crippen LogP contribution in [0.5, 0.6) is 0 Å². The molecule has 0 radical (unpaired) electrons. The molecular weight excluding hydrogens is 168 g/mol. The van der Waals surface area contributed by atoms with Gasteiger partial charge in [-0.15, -0.1) is 0 Å². The van der Waals surface area contributed by atoms with Gasteiger partial charge in [0.15, 0.2) is 0 Å². The van der Waals surface area contributed by atoms with Gasteiger partial charge in [0.2, 0.25) is 0 Å². The molecule has 0 N–H and O–H groups in total. The Hall–Kier alpha value is -1.12. The summed E-state index contributed by atoms with van der Waals surface area (Å²) in [6.45, 7) is 1.42. The van der Waals surface area contributed by atoms with Crippen molar-refractivity contribution in [3.63, 3.8) is 0 Å². The monoisotopic (exact) mass is 182 g/mol. The third-order valence-electron chi connectivity index (χ3n) is 2.26. The first-order valence-electron chi connectivity index (χ1n) is 4.53. The largest absolute Gasteiger partial charge is 0.462 e. The van der Waals surface area contributed by atoms with Crippen LogP contribution in [0.2, 0.25) is 0 Å². The number of allylic oxidation sites excluding steroid dienone is 1. The van der Waals surface area contributed by atoms with E-state index in [-0.39, 0.29) is 18.0 Å². The van der Waals surface area contributed by atoms with Gasteiger partial charge in [0.1, 0.15) is 12.4 Å². The molecular formula is C10H14O3. The highest BCUT2D eigenvalue weighted by atomic mass is 16.5. The second kappa shape index (κ2) is 4.80. The lowest BCUT2D eigenvalue weighted by Gasteiger charge is -2.15. The molecule has 0 heterocycles. The minimum absolute atomic E-state index is 0.0197. The molecule has 0 bridgehead atoms. The lowest BCUT2D eigenvalue weighted by Crippen LogP contribution is -2.19. The number of hydrogen-bond donors (Lipinski definition) is 0. The first-order valence-corrected chi connectivity index (χ1v) is 4.53. The van der Waals surface area contributed by atoms with E-state index in [0.717, 1.165) is 25.5 Å². The Morgan fingerprint density at radius 2 is 2.23 bits per heavy atom. The van der Waals surface area contributed by atoms with Gasteiger partial charge in [0.25, 0.3) is 0 Å². The van der Waals surface area contributed by atoms with Gasteiger partial charge in [-0.25, -0.2) is 0 Å². The number of esters is 1. The highest BCUT2D eigenvalue weighted by Crippen LogP contribution is 2.29. The van der Waals surface area contributed by atoms with E-state index in [1.54, 1.807) is 0 Å². The molecule has 0 amide bonds. The molecule has 1 aliphatic rings. The fourth-order valence-corrected chi connectivity index (χ4v) is 1.72. The Balaban J connectivity index is 2.48. The number of rotatable bonds is 3. The highest BCUT2D eigenvalue weighted by molar-refractivity contribution is 5.66. The predicted octanol–water partition coefficient (Wildman–Crippen LogP) is 1.47. The molecule has 1 saturated carbocycles. The van der Waals surface area contributed by atoms with E-state index in [0.29, 0.717) is 0 Å². The first kappa shape index (κ1) is 9.96. The van der Waals surface area contributed by atoms with Crippen molar-refractivity contribution in [3.05, 3.63) is 12.2 Å². The maximum Gasteiger partial charge on any atom is 0.302 e. The van der Waals surface area contributed by atoms with Crippen molar-refractivity contribution < 1.29 is 14.3 Å². The molecule has 72 valence electrons. The summed E-state index contributed by atoms with van der Waals surface area (Å²) < 4.78 is 5.11. The van der Waals surface area contributed by atoms with Crippen LogP contribution in [0.3, 0.4) is 0 Å². The molecule has 0 aromatic heterocycles. The van der Waals surface area contributed by atoms with E-state index in [1.165, 1.54) is 13.0 Å². The highest BCUT2D eigenvalue weighted by Gasteiger charge is 2.27. The molecule has 2 unspecified atom stereocenters. The van der Waals surface area contributed by atoms with Crippen LogP contribution in [0, 0.1) is 5.92 Å². The maximum absolute atomic E-state index is 10.7. The average Bonchev–Trinajstić information content (AvgIpc) is 2.48. The van der Waals surface area contributed by atoms with Crippen molar-refractivity contribution >= 4 is 12.3 Å². The zero-order chi connectivity index (χ0) is 9.68. The Labute approximate surface area is 77.8 Å². The van der Waals surface area contributed by atoms with Crippen LogP contribution < -0.4 is 0 Å². The van der Waals surface area contributed by atoms with Gasteiger partial charge in [-0.05, 0) is 25.3 Å². The summed E-state index contributed by atoms with van der Waals surface area (Å²) in [5.74, 6) is -0.00879. The third kappa shape index (κ3) is 3.01. The standard InChI is InChI=1S/C10H14O3/c1-8(12)13-10-6-2-4-9(10)5-3-7-11/h3,5,7,9-10H,2,4,6H2,1H3. The van der Waals surface area contributed by atoms with Crippen LogP contribution in [0.15, 0.2) is 12.2 Å². The molecule has 0 saturated heterocycles. The topological polar surface area (TPSA) is 43.4 Å². The number of ether oxygens (including phenoxy) is 1. The molecule has 1 rings (SSSR count). The summed E-state index contributed by atoms with van der Waals surface area (Å²) in [5, 5.41) is 0. The molecule has 0 aromatic carbocycles. The second-order valence-electron chi connectivity index (χ2n) is 3.26. The average molecular weight is 182 g/mol. The van der Waals surface area contributed by atoms with Crippen LogP contribution >= 0.6 is 0 Å². The Kier molecular flexibility index (Phi) is 3.68. The molecule has 2 atom stereocenters. The van der Waals surface area contributed by atoms with Crippen molar-refractivity contribution in [2.45, 2.75) is 32.3 Å². The molecule has 1 fully saturated rings. The summed E-state index contributed by atoms with van der Waals surface area (Å²) in [5.41, 5.74) is 0. The fraction of sp³-hybridized carbons (Fsp3) is 0.600. The quantitative estimate of drug-likeness (QED) is 0.377. The normalized spacial score (nSPS) is 27.8. The molecule has 3 heteroatoms. The lowest BCUT2D eigenvalue weighted by atomic mass is 10.1. The summed E-state index contributed by atoms with van der Waals surface area (Å²) in [7, 11) is 0. The first-order chi connectivity index (χ1) is 6.24. The van der Waals surface area contributed by atoms with Crippen molar-refractivity contribution in [1.29, 1.82) is 0 Å². The second-order valence-corrected chi connectivity index (χ2v) is 3.26. The summed E-state index contributed by atoms with van der Waals surface area (Å²) >= 11 is 0. The fourth-order valence-electron chi connectivity index (χ4n) is 1.72. The molecule has 0 aromatic rings. The van der Waals surface area contributed by atoms with Crippen LogP contribution in [-0.4, -0.2) is 18.4 Å². The minimum Gasteiger partial charge on any atom is -0.462 e. The van der Waals surface area contributed by atoms with Crippen molar-refractivity contribution in [2.75, 3.05) is 0 Å². The van der Waals surface area contributed by atoms with Crippen molar-refractivity contribution in [2.24, 2.45) is 5.92 Å². The van der Waals surface area contributed by atoms with Crippen LogP contribution in [0.25, 0.3) is 0 Å². The van der Waals surface area contributed by atoms with E-state index < -0.39 is 0 Å². The number of carbonyl (C=O) groups is 2. The molecule has 3 nitrogen and oxygen atoms in total. The molecule has 0 spiro atoms. The summed E-state index contributed by atoms with van der Waals surface area (Å²) in [4.78, 5) is 20.8. The summed E-state index contributed by atoms with van der Waals surface area (Å²) in [6.07, 6.45) is 7.01. The molecule has 0 aliphatic heterocycles. The zero-order valence-electron chi connectivity index (χ0n) is 7.73. The van der Waals surface area contributed by atoms with Gasteiger partial charge in [0, 0.05) is 12.8 Å². The van der Waals surface area contributed by atoms with E-state index in [4.69, 9.17) is 4.74 Å². The van der Waals surface area contributed by atoms with Crippen molar-refractivity contribution in [1.82, 2.24) is 0 Å². The Bertz CT molecular complexity index is 220. The van der Waals surface area contributed by atoms with Gasteiger partial charge in [-0.1, -0.05) is 6.08 Å². The van der Waals surface area contributed by atoms with Crippen LogP contribution in [0.1, 0.15) is 26.2 Å². The lowest BCUT2D eigenvalue weighted by molar-refractivity contribution is -0.147. The number of aldehydes is 1. The van der Waals surface area contributed by atoms with Gasteiger partial charge in [-0.2, -0.15) is 0 Å². The Morgan fingerprint density at radius 3 is 2.85 bits per heavy atom. The third-order valence-corrected chi connectivity index (χ3v) is 2.26. The Morgan fingerprint density at radius 1 is 1.46 bits per heavy atom. The van der Waals surface area contributed by atoms with Gasteiger partial charge in [-0.3, -0.25) is 9.59 Å². The van der Waals surface area contributed by atoms with E-state index in [2.05, 4.69) is 0 Å². The SMILES string of the molecule is CC(=O)OC1CCCC1C=CC=O.